The topological polar surface area (TPSA) is 96.0 Å². The lowest BCUT2D eigenvalue weighted by molar-refractivity contribution is -0.384. The highest BCUT2D eigenvalue weighted by molar-refractivity contribution is 8.17. The number of rotatable bonds is 7. The molecule has 3 rings (SSSR count). The number of benzene rings is 2. The van der Waals surface area contributed by atoms with Gasteiger partial charge in [-0.25, -0.2) is 0 Å². The molecule has 0 saturated heterocycles. The summed E-state index contributed by atoms with van der Waals surface area (Å²) in [4.78, 5) is 24.3. The van der Waals surface area contributed by atoms with Crippen molar-refractivity contribution in [3.8, 4) is 6.07 Å². The van der Waals surface area contributed by atoms with Crippen LogP contribution in [0.15, 0.2) is 81.4 Å². The minimum absolute atomic E-state index is 0.0716. The number of Topliss-reactive ketones (excluding diaryl/α,β-unsaturated/α-hetero) is 1. The van der Waals surface area contributed by atoms with Gasteiger partial charge in [-0.2, -0.15) is 5.26 Å². The Morgan fingerprint density at radius 3 is 2.57 bits per heavy atom. The number of dihydropyridines is 1. The van der Waals surface area contributed by atoms with Gasteiger partial charge in [0.1, 0.15) is 0 Å². The van der Waals surface area contributed by atoms with Gasteiger partial charge in [0, 0.05) is 28.3 Å². The SMILES string of the molecule is CC(=O)C1=C(C)NC(SCSc2ccccc2)=C(C#N)C1c1cccc([N+](=O)[O-])c1. The molecule has 1 heterocycles. The maximum absolute atomic E-state index is 12.4. The van der Waals surface area contributed by atoms with Crippen LogP contribution in [0.5, 0.6) is 0 Å². The molecule has 1 aliphatic heterocycles. The molecule has 0 fully saturated rings. The first-order chi connectivity index (χ1) is 14.4. The van der Waals surface area contributed by atoms with E-state index < -0.39 is 10.8 Å². The molecule has 1 aliphatic rings. The van der Waals surface area contributed by atoms with Crippen molar-refractivity contribution in [2.45, 2.75) is 24.7 Å². The van der Waals surface area contributed by atoms with Crippen molar-refractivity contribution in [1.82, 2.24) is 5.32 Å². The van der Waals surface area contributed by atoms with Crippen LogP contribution in [-0.4, -0.2) is 15.8 Å². The van der Waals surface area contributed by atoms with Gasteiger partial charge >= 0.3 is 0 Å². The van der Waals surface area contributed by atoms with Gasteiger partial charge in [-0.3, -0.25) is 14.9 Å². The molecule has 1 atom stereocenters. The number of hydrogen-bond donors (Lipinski definition) is 1. The molecule has 0 saturated carbocycles. The molecule has 0 aromatic heterocycles. The second kappa shape index (κ2) is 9.65. The summed E-state index contributed by atoms with van der Waals surface area (Å²) in [6.07, 6.45) is 0. The summed E-state index contributed by atoms with van der Waals surface area (Å²) in [5.41, 5.74) is 1.99. The third-order valence-corrected chi connectivity index (χ3v) is 6.77. The Balaban J connectivity index is 1.97. The number of carbonyl (C=O) groups is 1. The fraction of sp³-hybridized carbons (Fsp3) is 0.182. The van der Waals surface area contributed by atoms with Crippen molar-refractivity contribution in [1.29, 1.82) is 5.26 Å². The van der Waals surface area contributed by atoms with Gasteiger partial charge in [-0.15, -0.1) is 11.8 Å². The molecule has 1 N–H and O–H groups in total. The third kappa shape index (κ3) is 4.75. The number of carbonyl (C=O) groups excluding carboxylic acids is 1. The van der Waals surface area contributed by atoms with Crippen molar-refractivity contribution >= 4 is 35.0 Å². The number of nitrogens with zero attached hydrogens (tertiary/aromatic N) is 2. The van der Waals surface area contributed by atoms with Gasteiger partial charge in [0.25, 0.3) is 5.69 Å². The zero-order chi connectivity index (χ0) is 21.7. The molecule has 1 unspecified atom stereocenters. The average Bonchev–Trinajstić information content (AvgIpc) is 2.73. The Hall–Kier alpha value is -3.02. The van der Waals surface area contributed by atoms with Crippen LogP contribution in [0.1, 0.15) is 25.3 Å². The van der Waals surface area contributed by atoms with E-state index in [4.69, 9.17) is 0 Å². The van der Waals surface area contributed by atoms with E-state index in [1.54, 1.807) is 30.8 Å². The molecule has 0 spiro atoms. The first-order valence-electron chi connectivity index (χ1n) is 9.10. The molecular formula is C22H19N3O3S2. The van der Waals surface area contributed by atoms with E-state index in [0.29, 0.717) is 32.5 Å². The second-order valence-electron chi connectivity index (χ2n) is 6.58. The summed E-state index contributed by atoms with van der Waals surface area (Å²) in [6, 6.07) is 18.3. The smallest absolute Gasteiger partial charge is 0.269 e. The van der Waals surface area contributed by atoms with Crippen LogP contribution in [0.4, 0.5) is 5.69 Å². The molecule has 30 heavy (non-hydrogen) atoms. The van der Waals surface area contributed by atoms with Crippen LogP contribution in [0.3, 0.4) is 0 Å². The van der Waals surface area contributed by atoms with Crippen molar-refractivity contribution in [3.63, 3.8) is 0 Å². The normalized spacial score (nSPS) is 16.1. The van der Waals surface area contributed by atoms with Gasteiger partial charge in [0.2, 0.25) is 0 Å². The maximum Gasteiger partial charge on any atom is 0.269 e. The predicted molar refractivity (Wildman–Crippen MR) is 120 cm³/mol. The molecule has 0 aliphatic carbocycles. The van der Waals surface area contributed by atoms with Crippen LogP contribution in [-0.2, 0) is 4.79 Å². The van der Waals surface area contributed by atoms with Gasteiger partial charge in [0.05, 0.1) is 32.6 Å². The summed E-state index contributed by atoms with van der Waals surface area (Å²) in [5.74, 6) is -0.815. The molecule has 0 amide bonds. The summed E-state index contributed by atoms with van der Waals surface area (Å²) in [6.45, 7) is 3.24. The van der Waals surface area contributed by atoms with Crippen molar-refractivity contribution in [3.05, 3.63) is 92.1 Å². The Kier molecular flexibility index (Phi) is 6.98. The van der Waals surface area contributed by atoms with E-state index in [-0.39, 0.29) is 11.5 Å². The highest BCUT2D eigenvalue weighted by Gasteiger charge is 2.33. The lowest BCUT2D eigenvalue weighted by Crippen LogP contribution is -2.27. The van der Waals surface area contributed by atoms with Crippen molar-refractivity contribution in [2.75, 3.05) is 5.08 Å². The fourth-order valence-electron chi connectivity index (χ4n) is 3.32. The van der Waals surface area contributed by atoms with Crippen molar-refractivity contribution in [2.24, 2.45) is 0 Å². The highest BCUT2D eigenvalue weighted by atomic mass is 32.2. The van der Waals surface area contributed by atoms with Crippen LogP contribution < -0.4 is 5.32 Å². The average molecular weight is 438 g/mol. The Morgan fingerprint density at radius 2 is 1.93 bits per heavy atom. The van der Waals surface area contributed by atoms with Gasteiger partial charge in [-0.05, 0) is 31.5 Å². The van der Waals surface area contributed by atoms with Gasteiger partial charge in [0.15, 0.2) is 5.78 Å². The quantitative estimate of drug-likeness (QED) is 0.269. The summed E-state index contributed by atoms with van der Waals surface area (Å²) in [7, 11) is 0. The summed E-state index contributed by atoms with van der Waals surface area (Å²) < 4.78 is 0. The van der Waals surface area contributed by atoms with Gasteiger partial charge < -0.3 is 5.32 Å². The van der Waals surface area contributed by atoms with E-state index in [9.17, 15) is 20.2 Å². The number of nitriles is 1. The van der Waals surface area contributed by atoms with Crippen LogP contribution >= 0.6 is 23.5 Å². The van der Waals surface area contributed by atoms with E-state index in [0.717, 1.165) is 4.90 Å². The minimum Gasteiger partial charge on any atom is -0.353 e. The number of thioether (sulfide) groups is 2. The maximum atomic E-state index is 12.4. The number of nitrogens with one attached hydrogen (secondary N) is 1. The first kappa shape index (κ1) is 21.7. The Bertz CT molecular complexity index is 1090. The molecule has 2 aromatic rings. The summed E-state index contributed by atoms with van der Waals surface area (Å²) in [5, 5.41) is 25.7. The zero-order valence-electron chi connectivity index (χ0n) is 16.4. The molecular weight excluding hydrogens is 418 g/mol. The van der Waals surface area contributed by atoms with Crippen LogP contribution in [0.25, 0.3) is 0 Å². The molecule has 152 valence electrons. The van der Waals surface area contributed by atoms with Crippen molar-refractivity contribution < 1.29 is 9.72 Å². The number of allylic oxidation sites excluding steroid dienone is 3. The molecule has 8 heteroatoms. The highest BCUT2D eigenvalue weighted by Crippen LogP contribution is 2.42. The third-order valence-electron chi connectivity index (χ3n) is 4.61. The number of ketones is 1. The van der Waals surface area contributed by atoms with Gasteiger partial charge in [-0.1, -0.05) is 42.1 Å². The Morgan fingerprint density at radius 1 is 1.20 bits per heavy atom. The number of nitro groups is 1. The largest absolute Gasteiger partial charge is 0.353 e. The van der Waals surface area contributed by atoms with Crippen LogP contribution in [0.2, 0.25) is 0 Å². The number of hydrogen-bond acceptors (Lipinski definition) is 7. The minimum atomic E-state index is -0.641. The molecule has 2 aromatic carbocycles. The molecule has 0 bridgehead atoms. The van der Waals surface area contributed by atoms with E-state index in [2.05, 4.69) is 11.4 Å². The second-order valence-corrected chi connectivity index (χ2v) is 8.98. The van der Waals surface area contributed by atoms with E-state index >= 15 is 0 Å². The first-order valence-corrected chi connectivity index (χ1v) is 11.1. The van der Waals surface area contributed by atoms with E-state index in [1.165, 1.54) is 30.8 Å². The number of non-ortho nitro benzene ring substituents is 1. The summed E-state index contributed by atoms with van der Waals surface area (Å²) >= 11 is 3.13. The number of nitro benzene ring substituents is 1. The lowest BCUT2D eigenvalue weighted by Gasteiger charge is -2.29. The van der Waals surface area contributed by atoms with E-state index in [1.807, 2.05) is 30.3 Å². The standard InChI is InChI=1S/C22H19N3O3S2/c1-14-20(15(2)26)21(16-7-6-8-17(11-16)25(27)28)19(12-23)22(24-14)30-13-29-18-9-4-3-5-10-18/h3-11,21,24H,13H2,1-2H3. The molecule has 6 nitrogen and oxygen atoms in total. The Labute approximate surface area is 183 Å². The predicted octanol–water partition coefficient (Wildman–Crippen LogP) is 5.36. The van der Waals surface area contributed by atoms with Crippen LogP contribution in [0, 0.1) is 21.4 Å². The molecule has 0 radical (unpaired) electrons. The fourth-order valence-corrected chi connectivity index (χ4v) is 5.46. The monoisotopic (exact) mass is 437 g/mol. The lowest BCUT2D eigenvalue weighted by atomic mass is 9.81. The zero-order valence-corrected chi connectivity index (χ0v) is 18.0.